The van der Waals surface area contributed by atoms with Gasteiger partial charge in [-0.3, -0.25) is 4.79 Å². The maximum atomic E-state index is 12.5. The molecule has 1 amide bonds. The Labute approximate surface area is 191 Å². The first-order chi connectivity index (χ1) is 15.1. The third-order valence-corrected chi connectivity index (χ3v) is 7.72. The van der Waals surface area contributed by atoms with Crippen molar-refractivity contribution in [2.75, 3.05) is 32.3 Å². The molecule has 3 rings (SSSR count). The number of benzene rings is 2. The zero-order valence-electron chi connectivity index (χ0n) is 18.5. The minimum atomic E-state index is -3.61. The normalized spacial score (nSPS) is 11.6. The van der Waals surface area contributed by atoms with Gasteiger partial charge in [0.2, 0.25) is 15.9 Å². The van der Waals surface area contributed by atoms with Crippen molar-refractivity contribution in [2.45, 2.75) is 17.0 Å². The molecule has 0 fully saturated rings. The molecule has 9 nitrogen and oxygen atoms in total. The van der Waals surface area contributed by atoms with Gasteiger partial charge in [-0.1, -0.05) is 17.8 Å². The van der Waals surface area contributed by atoms with Gasteiger partial charge in [0.05, 0.1) is 17.8 Å². The average molecular weight is 476 g/mol. The Kier molecular flexibility index (Phi) is 7.22. The van der Waals surface area contributed by atoms with Crippen LogP contribution in [0.15, 0.2) is 52.5 Å². The van der Waals surface area contributed by atoms with Gasteiger partial charge in [0.1, 0.15) is 5.75 Å². The van der Waals surface area contributed by atoms with E-state index in [0.717, 1.165) is 15.6 Å². The summed E-state index contributed by atoms with van der Waals surface area (Å²) in [6.07, 6.45) is 0. The predicted octanol–water partition coefficient (Wildman–Crippen LogP) is 2.78. The van der Waals surface area contributed by atoms with Gasteiger partial charge >= 0.3 is 0 Å². The van der Waals surface area contributed by atoms with Crippen LogP contribution in [-0.4, -0.2) is 60.4 Å². The summed E-state index contributed by atoms with van der Waals surface area (Å²) in [4.78, 5) is 12.6. The van der Waals surface area contributed by atoms with E-state index < -0.39 is 10.0 Å². The molecular formula is C21H25N5O4S2. The van der Waals surface area contributed by atoms with E-state index in [4.69, 9.17) is 4.74 Å². The van der Waals surface area contributed by atoms with Gasteiger partial charge in [0, 0.05) is 32.4 Å². The number of nitrogens with zero attached hydrogens (tertiary/aromatic N) is 4. The molecule has 0 unspecified atom stereocenters. The predicted molar refractivity (Wildman–Crippen MR) is 124 cm³/mol. The summed E-state index contributed by atoms with van der Waals surface area (Å²) in [6, 6.07) is 12.3. The molecule has 1 aromatic heterocycles. The van der Waals surface area contributed by atoms with E-state index in [0.29, 0.717) is 22.2 Å². The number of nitrogens with one attached hydrogen (secondary N) is 1. The number of amides is 1. The number of sulfonamides is 1. The summed E-state index contributed by atoms with van der Waals surface area (Å²) in [6.45, 7) is 1.71. The number of carbonyl (C=O) groups is 1. The van der Waals surface area contributed by atoms with Crippen LogP contribution in [0.5, 0.6) is 5.75 Å². The van der Waals surface area contributed by atoms with Crippen LogP contribution >= 0.6 is 11.8 Å². The highest BCUT2D eigenvalue weighted by molar-refractivity contribution is 7.99. The molecule has 170 valence electrons. The van der Waals surface area contributed by atoms with Crippen LogP contribution in [0.25, 0.3) is 11.4 Å². The lowest BCUT2D eigenvalue weighted by Gasteiger charge is -2.15. The third-order valence-electron chi connectivity index (χ3n) is 4.75. The number of hydrogen-bond acceptors (Lipinski definition) is 7. The molecule has 11 heteroatoms. The van der Waals surface area contributed by atoms with Crippen molar-refractivity contribution in [1.29, 1.82) is 0 Å². The van der Waals surface area contributed by atoms with Gasteiger partial charge in [-0.05, 0) is 48.9 Å². The van der Waals surface area contributed by atoms with Crippen molar-refractivity contribution in [2.24, 2.45) is 7.05 Å². The number of carbonyl (C=O) groups excluding carboxylic acids is 1. The summed E-state index contributed by atoms with van der Waals surface area (Å²) in [5.41, 5.74) is 1.90. The van der Waals surface area contributed by atoms with E-state index >= 15 is 0 Å². The molecule has 0 aliphatic rings. The minimum absolute atomic E-state index is 0.0955. The first kappa shape index (κ1) is 23.8. The minimum Gasteiger partial charge on any atom is -0.497 e. The summed E-state index contributed by atoms with van der Waals surface area (Å²) in [5, 5.41) is 11.7. The van der Waals surface area contributed by atoms with E-state index in [1.807, 2.05) is 35.9 Å². The molecule has 0 bridgehead atoms. The highest BCUT2D eigenvalue weighted by Crippen LogP contribution is 2.25. The molecule has 3 aromatic rings. The fraction of sp³-hybridized carbons (Fsp3) is 0.286. The maximum absolute atomic E-state index is 12.5. The summed E-state index contributed by atoms with van der Waals surface area (Å²) < 4.78 is 33.1. The van der Waals surface area contributed by atoms with Crippen LogP contribution < -0.4 is 10.1 Å². The van der Waals surface area contributed by atoms with E-state index in [1.165, 1.54) is 31.9 Å². The number of aryl methyl sites for hydroxylation is 1. The molecule has 0 atom stereocenters. The number of thioether (sulfide) groups is 1. The Balaban J connectivity index is 1.68. The lowest BCUT2D eigenvalue weighted by Crippen LogP contribution is -2.23. The SMILES string of the molecule is COc1ccc(-c2nnc(SCC(=O)Nc3ccc(C)c(S(=O)(=O)N(C)C)c3)n2C)cc1. The monoisotopic (exact) mass is 475 g/mol. The van der Waals surface area contributed by atoms with Crippen molar-refractivity contribution < 1.29 is 17.9 Å². The second-order valence-electron chi connectivity index (χ2n) is 7.20. The molecule has 0 aliphatic heterocycles. The Morgan fingerprint density at radius 2 is 1.84 bits per heavy atom. The average Bonchev–Trinajstić information content (AvgIpc) is 3.13. The number of hydrogen-bond donors (Lipinski definition) is 1. The number of methoxy groups -OCH3 is 1. The van der Waals surface area contributed by atoms with Gasteiger partial charge in [-0.2, -0.15) is 0 Å². The smallest absolute Gasteiger partial charge is 0.242 e. The van der Waals surface area contributed by atoms with E-state index in [2.05, 4.69) is 15.5 Å². The van der Waals surface area contributed by atoms with Gasteiger partial charge in [-0.25, -0.2) is 12.7 Å². The third kappa shape index (κ3) is 5.12. The molecule has 32 heavy (non-hydrogen) atoms. The maximum Gasteiger partial charge on any atom is 0.242 e. The molecular weight excluding hydrogens is 450 g/mol. The quantitative estimate of drug-likeness (QED) is 0.499. The highest BCUT2D eigenvalue weighted by atomic mass is 32.2. The topological polar surface area (TPSA) is 106 Å². The molecule has 2 aromatic carbocycles. The molecule has 0 aliphatic carbocycles. The van der Waals surface area contributed by atoms with Crippen LogP contribution in [0.4, 0.5) is 5.69 Å². The second kappa shape index (κ2) is 9.72. The Morgan fingerprint density at radius 3 is 2.47 bits per heavy atom. The first-order valence-electron chi connectivity index (χ1n) is 9.63. The fourth-order valence-electron chi connectivity index (χ4n) is 2.91. The molecule has 0 saturated heterocycles. The van der Waals surface area contributed by atoms with Gasteiger partial charge in [0.15, 0.2) is 11.0 Å². The largest absolute Gasteiger partial charge is 0.497 e. The Hall–Kier alpha value is -2.89. The van der Waals surface area contributed by atoms with Crippen LogP contribution in [0.1, 0.15) is 5.56 Å². The van der Waals surface area contributed by atoms with Crippen LogP contribution in [0.3, 0.4) is 0 Å². The molecule has 1 heterocycles. The second-order valence-corrected chi connectivity index (χ2v) is 10.3. The van der Waals surface area contributed by atoms with Crippen LogP contribution in [-0.2, 0) is 21.9 Å². The summed E-state index contributed by atoms with van der Waals surface area (Å²) in [5.74, 6) is 1.24. The zero-order chi connectivity index (χ0) is 23.5. The van der Waals surface area contributed by atoms with E-state index in [9.17, 15) is 13.2 Å². The molecule has 0 saturated carbocycles. The Bertz CT molecular complexity index is 1220. The van der Waals surface area contributed by atoms with Crippen LogP contribution in [0, 0.1) is 6.92 Å². The lowest BCUT2D eigenvalue weighted by molar-refractivity contribution is -0.113. The first-order valence-corrected chi connectivity index (χ1v) is 12.1. The van der Waals surface area contributed by atoms with Gasteiger partial charge in [0.25, 0.3) is 0 Å². The summed E-state index contributed by atoms with van der Waals surface area (Å²) in [7, 11) is 2.77. The van der Waals surface area contributed by atoms with Crippen molar-refractivity contribution in [3.63, 3.8) is 0 Å². The lowest BCUT2D eigenvalue weighted by atomic mass is 10.2. The van der Waals surface area contributed by atoms with Crippen molar-refractivity contribution in [3.05, 3.63) is 48.0 Å². The standard InChI is InChI=1S/C21H25N5O4S2/c1-14-6-9-16(12-18(14)32(28,29)25(2)3)22-19(27)13-31-21-24-23-20(26(21)4)15-7-10-17(30-5)11-8-15/h6-12H,13H2,1-5H3,(H,22,27). The van der Waals surface area contributed by atoms with E-state index in [-0.39, 0.29) is 16.6 Å². The Morgan fingerprint density at radius 1 is 1.16 bits per heavy atom. The summed E-state index contributed by atoms with van der Waals surface area (Å²) >= 11 is 1.24. The van der Waals surface area contributed by atoms with Crippen molar-refractivity contribution in [3.8, 4) is 17.1 Å². The molecule has 0 spiro atoms. The van der Waals surface area contributed by atoms with Gasteiger partial charge < -0.3 is 14.6 Å². The number of aromatic nitrogens is 3. The molecule has 1 N–H and O–H groups in total. The van der Waals surface area contributed by atoms with Crippen molar-refractivity contribution >= 4 is 33.4 Å². The van der Waals surface area contributed by atoms with Crippen molar-refractivity contribution in [1.82, 2.24) is 19.1 Å². The fourth-order valence-corrected chi connectivity index (χ4v) is 4.77. The zero-order valence-corrected chi connectivity index (χ0v) is 20.1. The van der Waals surface area contributed by atoms with E-state index in [1.54, 1.807) is 26.2 Å². The van der Waals surface area contributed by atoms with Gasteiger partial charge in [-0.15, -0.1) is 10.2 Å². The number of rotatable bonds is 8. The highest BCUT2D eigenvalue weighted by Gasteiger charge is 2.20. The van der Waals surface area contributed by atoms with Crippen LogP contribution in [0.2, 0.25) is 0 Å². The number of anilines is 1. The number of ether oxygens (including phenoxy) is 1. The molecule has 0 radical (unpaired) electrons.